The monoisotopic (exact) mass is 296 g/mol. The zero-order valence-electron chi connectivity index (χ0n) is 11.2. The molecule has 0 rings (SSSR count). The van der Waals surface area contributed by atoms with Crippen LogP contribution < -0.4 is 0 Å². The molecule has 2 heteroatoms. The summed E-state index contributed by atoms with van der Waals surface area (Å²) in [6, 6.07) is 0. The van der Waals surface area contributed by atoms with E-state index in [0.717, 1.165) is 0 Å². The van der Waals surface area contributed by atoms with Crippen molar-refractivity contribution in [2.24, 2.45) is 0 Å². The molecule has 0 unspecified atom stereocenters. The molecule has 0 saturated carbocycles. The zero-order valence-corrected chi connectivity index (χ0v) is 13.7. The Morgan fingerprint density at radius 3 is 1.20 bits per heavy atom. The second-order valence-corrected chi connectivity index (χ2v) is 17.7. The molecular formula is C13H30BrP. The summed E-state index contributed by atoms with van der Waals surface area (Å²) in [4.78, 5) is 0. The Balaban J connectivity index is 4.33. The summed E-state index contributed by atoms with van der Waals surface area (Å²) in [7, 11) is 0. The third-order valence-corrected chi connectivity index (χ3v) is 11.3. The molecule has 0 bridgehead atoms. The van der Waals surface area contributed by atoms with Crippen molar-refractivity contribution in [1.82, 2.24) is 0 Å². The first-order chi connectivity index (χ1) is 6.96. The predicted molar refractivity (Wildman–Crippen MR) is 81.1 cm³/mol. The Hall–Kier alpha value is 0.910. The number of hydrogen-bond donors (Lipinski definition) is 0. The molecular weight excluding hydrogens is 267 g/mol. The Morgan fingerprint density at radius 2 is 1.00 bits per heavy atom. The SMILES string of the molecule is CCCCP(C)(Br)(CCCC)CCCC. The molecule has 0 fully saturated rings. The third-order valence-electron chi connectivity index (χ3n) is 3.41. The van der Waals surface area contributed by atoms with Gasteiger partial charge < -0.3 is 0 Å². The van der Waals surface area contributed by atoms with Crippen LogP contribution in [-0.2, 0) is 0 Å². The van der Waals surface area contributed by atoms with Crippen molar-refractivity contribution in [3.05, 3.63) is 0 Å². The van der Waals surface area contributed by atoms with Gasteiger partial charge in [0.2, 0.25) is 0 Å². The summed E-state index contributed by atoms with van der Waals surface area (Å²) in [5.74, 6) is 0. The summed E-state index contributed by atoms with van der Waals surface area (Å²) in [6.07, 6.45) is 12.6. The molecule has 0 heterocycles. The standard InChI is InChI=1S/C13H30BrP/c1-5-8-11-15(4,14,12-9-6-2)13-10-7-3/h5-13H2,1-4H3. The van der Waals surface area contributed by atoms with E-state index in [2.05, 4.69) is 42.9 Å². The molecule has 0 aromatic heterocycles. The molecule has 15 heavy (non-hydrogen) atoms. The van der Waals surface area contributed by atoms with Gasteiger partial charge in [0.1, 0.15) is 0 Å². The number of unbranched alkanes of at least 4 members (excludes halogenated alkanes) is 3. The first-order valence-corrected chi connectivity index (χ1v) is 11.9. The van der Waals surface area contributed by atoms with Gasteiger partial charge in [0.05, 0.1) is 0 Å². The average Bonchev–Trinajstić information content (AvgIpc) is 2.22. The van der Waals surface area contributed by atoms with Gasteiger partial charge in [0.25, 0.3) is 0 Å². The normalized spacial score (nSPS) is 14.9. The topological polar surface area (TPSA) is 0 Å². The van der Waals surface area contributed by atoms with E-state index in [1.165, 1.54) is 57.0 Å². The fraction of sp³-hybridized carbons (Fsp3) is 1.00. The van der Waals surface area contributed by atoms with Crippen LogP contribution in [0.25, 0.3) is 0 Å². The molecule has 0 spiro atoms. The number of rotatable bonds is 9. The number of halogens is 1. The molecule has 0 aromatic carbocycles. The van der Waals surface area contributed by atoms with E-state index in [1.54, 1.807) is 0 Å². The molecule has 0 amide bonds. The molecule has 0 radical (unpaired) electrons. The van der Waals surface area contributed by atoms with Crippen LogP contribution >= 0.6 is 20.8 Å². The van der Waals surface area contributed by atoms with Crippen LogP contribution in [0.1, 0.15) is 59.3 Å². The van der Waals surface area contributed by atoms with Crippen molar-refractivity contribution in [3.63, 3.8) is 0 Å². The molecule has 0 aromatic rings. The van der Waals surface area contributed by atoms with Crippen LogP contribution in [-0.4, -0.2) is 25.2 Å². The van der Waals surface area contributed by atoms with E-state index >= 15 is 0 Å². The summed E-state index contributed by atoms with van der Waals surface area (Å²) in [6.45, 7) is 9.50. The Morgan fingerprint density at radius 1 is 0.733 bits per heavy atom. The molecule has 0 aliphatic carbocycles. The molecule has 0 N–H and O–H groups in total. The molecule has 0 aliphatic heterocycles. The predicted octanol–water partition coefficient (Wildman–Crippen LogP) is 5.88. The Bertz CT molecular complexity index is 137. The quantitative estimate of drug-likeness (QED) is 0.466. The van der Waals surface area contributed by atoms with Crippen LogP contribution in [0.15, 0.2) is 0 Å². The molecule has 0 saturated heterocycles. The second kappa shape index (κ2) is 7.28. The summed E-state index contributed by atoms with van der Waals surface area (Å²) in [5.41, 5.74) is 0. The van der Waals surface area contributed by atoms with Gasteiger partial charge in [-0.2, -0.15) is 0 Å². The molecule has 0 aliphatic rings. The first-order valence-electron chi connectivity index (χ1n) is 6.69. The van der Waals surface area contributed by atoms with Gasteiger partial charge in [-0.3, -0.25) is 0 Å². The third kappa shape index (κ3) is 6.95. The zero-order chi connectivity index (χ0) is 11.8. The summed E-state index contributed by atoms with van der Waals surface area (Å²) in [5, 5.41) is -1.47. The maximum absolute atomic E-state index is 4.22. The van der Waals surface area contributed by atoms with Crippen LogP contribution in [0.3, 0.4) is 0 Å². The van der Waals surface area contributed by atoms with Crippen molar-refractivity contribution in [2.45, 2.75) is 59.3 Å². The van der Waals surface area contributed by atoms with Gasteiger partial charge in [0.15, 0.2) is 0 Å². The van der Waals surface area contributed by atoms with Crippen LogP contribution in [0.5, 0.6) is 0 Å². The second-order valence-electron chi connectivity index (χ2n) is 5.38. The van der Waals surface area contributed by atoms with Crippen molar-refractivity contribution in [1.29, 1.82) is 0 Å². The number of hydrogen-bond acceptors (Lipinski definition) is 0. The van der Waals surface area contributed by atoms with Gasteiger partial charge in [-0.15, -0.1) is 0 Å². The van der Waals surface area contributed by atoms with E-state index in [0.29, 0.717) is 0 Å². The van der Waals surface area contributed by atoms with E-state index in [4.69, 9.17) is 0 Å². The molecule has 94 valence electrons. The average molecular weight is 297 g/mol. The van der Waals surface area contributed by atoms with Gasteiger partial charge >= 0.3 is 105 Å². The Kier molecular flexibility index (Phi) is 7.72. The fourth-order valence-electron chi connectivity index (χ4n) is 2.13. The van der Waals surface area contributed by atoms with Crippen LogP contribution in [0.4, 0.5) is 0 Å². The van der Waals surface area contributed by atoms with Gasteiger partial charge in [-0.25, -0.2) is 0 Å². The summed E-state index contributed by atoms with van der Waals surface area (Å²) < 4.78 is 0. The van der Waals surface area contributed by atoms with Gasteiger partial charge in [-0.1, -0.05) is 0 Å². The summed E-state index contributed by atoms with van der Waals surface area (Å²) >= 11 is 4.22. The van der Waals surface area contributed by atoms with Crippen molar-refractivity contribution in [3.8, 4) is 0 Å². The maximum atomic E-state index is 4.22. The molecule has 0 nitrogen and oxygen atoms in total. The van der Waals surface area contributed by atoms with E-state index in [-0.39, 0.29) is 0 Å². The van der Waals surface area contributed by atoms with E-state index < -0.39 is 5.31 Å². The van der Waals surface area contributed by atoms with E-state index in [1.807, 2.05) is 0 Å². The van der Waals surface area contributed by atoms with E-state index in [9.17, 15) is 0 Å². The van der Waals surface area contributed by atoms with Gasteiger partial charge in [0, 0.05) is 0 Å². The van der Waals surface area contributed by atoms with Crippen molar-refractivity contribution in [2.75, 3.05) is 25.2 Å². The minimum atomic E-state index is -1.47. The van der Waals surface area contributed by atoms with Crippen LogP contribution in [0.2, 0.25) is 0 Å². The fourth-order valence-corrected chi connectivity index (χ4v) is 8.66. The first kappa shape index (κ1) is 15.9. The molecule has 0 atom stereocenters. The van der Waals surface area contributed by atoms with Crippen molar-refractivity contribution < 1.29 is 0 Å². The van der Waals surface area contributed by atoms with Crippen LogP contribution in [0, 0.1) is 0 Å². The Labute approximate surface area is 105 Å². The van der Waals surface area contributed by atoms with Crippen molar-refractivity contribution >= 4 is 20.8 Å². The van der Waals surface area contributed by atoms with Gasteiger partial charge in [-0.05, 0) is 0 Å². The minimum absolute atomic E-state index is 1.34.